The molecule has 0 radical (unpaired) electrons. The van der Waals surface area contributed by atoms with Crippen molar-refractivity contribution >= 4 is 5.91 Å². The predicted octanol–water partition coefficient (Wildman–Crippen LogP) is 2.18. The van der Waals surface area contributed by atoms with Gasteiger partial charge in [-0.25, -0.2) is 0 Å². The van der Waals surface area contributed by atoms with Crippen LogP contribution in [0.3, 0.4) is 0 Å². The maximum absolute atomic E-state index is 11.9. The van der Waals surface area contributed by atoms with E-state index in [1.54, 1.807) is 6.20 Å². The molecule has 0 bridgehead atoms. The van der Waals surface area contributed by atoms with E-state index in [0.717, 1.165) is 12.8 Å². The fourth-order valence-electron chi connectivity index (χ4n) is 2.69. The number of rotatable bonds is 4. The molecular weight excluding hydrogens is 268 g/mol. The number of hydrogen-bond donors (Lipinski definition) is 1. The normalized spacial score (nSPS) is 17.2. The summed E-state index contributed by atoms with van der Waals surface area (Å²) >= 11 is 0. The first-order valence-electron chi connectivity index (χ1n) is 7.05. The van der Waals surface area contributed by atoms with E-state index in [-0.39, 0.29) is 18.4 Å². The highest BCUT2D eigenvalue weighted by atomic mass is 16.5. The monoisotopic (exact) mass is 286 g/mol. The van der Waals surface area contributed by atoms with E-state index in [0.29, 0.717) is 22.8 Å². The van der Waals surface area contributed by atoms with Crippen molar-refractivity contribution in [3.8, 4) is 11.5 Å². The van der Waals surface area contributed by atoms with Gasteiger partial charge in [-0.2, -0.15) is 4.98 Å². The molecule has 2 aromatic heterocycles. The van der Waals surface area contributed by atoms with Crippen LogP contribution in [0.25, 0.3) is 11.5 Å². The smallest absolute Gasteiger partial charge is 0.246 e. The molecule has 1 amide bonds. The van der Waals surface area contributed by atoms with Crippen LogP contribution in [0.5, 0.6) is 0 Å². The average molecular weight is 286 g/mol. The maximum Gasteiger partial charge on any atom is 0.246 e. The van der Waals surface area contributed by atoms with Gasteiger partial charge in [0, 0.05) is 12.1 Å². The molecule has 2 aromatic rings. The van der Waals surface area contributed by atoms with Crippen LogP contribution in [0.1, 0.15) is 32.6 Å². The number of amides is 1. The van der Waals surface area contributed by atoms with Gasteiger partial charge in [-0.05, 0) is 30.4 Å². The molecule has 6 nitrogen and oxygen atoms in total. The molecule has 1 aliphatic carbocycles. The summed E-state index contributed by atoms with van der Waals surface area (Å²) in [7, 11) is 0. The van der Waals surface area contributed by atoms with Crippen molar-refractivity contribution in [2.75, 3.05) is 0 Å². The Morgan fingerprint density at radius 1 is 1.43 bits per heavy atom. The zero-order chi connectivity index (χ0) is 14.9. The third-order valence-corrected chi connectivity index (χ3v) is 3.74. The minimum absolute atomic E-state index is 0.0620. The Hall–Kier alpha value is -2.24. The van der Waals surface area contributed by atoms with Crippen molar-refractivity contribution in [3.63, 3.8) is 0 Å². The Bertz CT molecular complexity index is 628. The number of pyridine rings is 1. The molecule has 0 aromatic carbocycles. The maximum atomic E-state index is 11.9. The van der Waals surface area contributed by atoms with Gasteiger partial charge in [0.05, 0.1) is 6.54 Å². The SMILES string of the molecule is CC1(C)CC(C(=O)NCc2nc(-c3ccccn3)no2)C1. The average Bonchev–Trinajstić information content (AvgIpc) is 2.92. The molecule has 110 valence electrons. The van der Waals surface area contributed by atoms with E-state index in [2.05, 4.69) is 34.3 Å². The van der Waals surface area contributed by atoms with E-state index in [4.69, 9.17) is 4.52 Å². The van der Waals surface area contributed by atoms with Gasteiger partial charge in [0.25, 0.3) is 0 Å². The molecule has 0 atom stereocenters. The molecular formula is C15H18N4O2. The third-order valence-electron chi connectivity index (χ3n) is 3.74. The van der Waals surface area contributed by atoms with E-state index in [9.17, 15) is 4.79 Å². The molecule has 0 unspecified atom stereocenters. The van der Waals surface area contributed by atoms with E-state index >= 15 is 0 Å². The Morgan fingerprint density at radius 3 is 2.90 bits per heavy atom. The van der Waals surface area contributed by atoms with Crippen molar-refractivity contribution in [3.05, 3.63) is 30.3 Å². The summed E-state index contributed by atoms with van der Waals surface area (Å²) < 4.78 is 5.13. The summed E-state index contributed by atoms with van der Waals surface area (Å²) in [4.78, 5) is 20.3. The number of nitrogens with zero attached hydrogens (tertiary/aromatic N) is 3. The Morgan fingerprint density at radius 2 is 2.24 bits per heavy atom. The second-order valence-electron chi connectivity index (χ2n) is 6.21. The molecule has 0 aliphatic heterocycles. The lowest BCUT2D eigenvalue weighted by Crippen LogP contribution is -2.42. The Kier molecular flexibility index (Phi) is 3.45. The standard InChI is InChI=1S/C15H18N4O2/c1-15(2)7-10(8-15)14(20)17-9-12-18-13(19-21-12)11-5-3-4-6-16-11/h3-6,10H,7-9H2,1-2H3,(H,17,20). The van der Waals surface area contributed by atoms with Gasteiger partial charge in [-0.1, -0.05) is 25.1 Å². The fraction of sp³-hybridized carbons (Fsp3) is 0.467. The van der Waals surface area contributed by atoms with Gasteiger partial charge in [0.2, 0.25) is 17.6 Å². The molecule has 3 rings (SSSR count). The highest BCUT2D eigenvalue weighted by molar-refractivity contribution is 5.79. The van der Waals surface area contributed by atoms with Crippen LogP contribution in [0.15, 0.2) is 28.9 Å². The highest BCUT2D eigenvalue weighted by Gasteiger charge is 2.40. The van der Waals surface area contributed by atoms with Gasteiger partial charge >= 0.3 is 0 Å². The summed E-state index contributed by atoms with van der Waals surface area (Å²) in [5.74, 6) is 0.998. The lowest BCUT2D eigenvalue weighted by Gasteiger charge is -2.41. The number of carbonyl (C=O) groups excluding carboxylic acids is 1. The van der Waals surface area contributed by atoms with Crippen LogP contribution in [-0.2, 0) is 11.3 Å². The van der Waals surface area contributed by atoms with Gasteiger partial charge in [0.1, 0.15) is 5.69 Å². The molecule has 1 fully saturated rings. The largest absolute Gasteiger partial charge is 0.347 e. The summed E-state index contributed by atoms with van der Waals surface area (Å²) in [6, 6.07) is 5.49. The summed E-state index contributed by atoms with van der Waals surface area (Å²) in [6.45, 7) is 4.61. The summed E-state index contributed by atoms with van der Waals surface area (Å²) in [5, 5.41) is 6.71. The Labute approximate surface area is 123 Å². The van der Waals surface area contributed by atoms with Crippen molar-refractivity contribution in [1.29, 1.82) is 0 Å². The van der Waals surface area contributed by atoms with Crippen LogP contribution in [0.2, 0.25) is 0 Å². The number of carbonyl (C=O) groups is 1. The molecule has 6 heteroatoms. The van der Waals surface area contributed by atoms with E-state index < -0.39 is 0 Å². The lowest BCUT2D eigenvalue weighted by atomic mass is 9.64. The quantitative estimate of drug-likeness (QED) is 0.931. The minimum Gasteiger partial charge on any atom is -0.347 e. The number of hydrogen-bond acceptors (Lipinski definition) is 5. The van der Waals surface area contributed by atoms with Crippen LogP contribution in [0.4, 0.5) is 0 Å². The summed E-state index contributed by atoms with van der Waals surface area (Å²) in [6.07, 6.45) is 3.54. The highest BCUT2D eigenvalue weighted by Crippen LogP contribution is 2.44. The topological polar surface area (TPSA) is 80.9 Å². The first-order chi connectivity index (χ1) is 10.0. The van der Waals surface area contributed by atoms with Crippen molar-refractivity contribution in [2.24, 2.45) is 11.3 Å². The van der Waals surface area contributed by atoms with Crippen molar-refractivity contribution in [2.45, 2.75) is 33.2 Å². The Balaban J connectivity index is 1.55. The number of aromatic nitrogens is 3. The zero-order valence-corrected chi connectivity index (χ0v) is 12.2. The molecule has 1 aliphatic rings. The van der Waals surface area contributed by atoms with Gasteiger partial charge < -0.3 is 9.84 Å². The van der Waals surface area contributed by atoms with Crippen LogP contribution in [0, 0.1) is 11.3 Å². The molecule has 21 heavy (non-hydrogen) atoms. The van der Waals surface area contributed by atoms with Crippen LogP contribution < -0.4 is 5.32 Å². The molecule has 0 spiro atoms. The van der Waals surface area contributed by atoms with Gasteiger partial charge in [-0.3, -0.25) is 9.78 Å². The van der Waals surface area contributed by atoms with Crippen molar-refractivity contribution < 1.29 is 9.32 Å². The predicted molar refractivity (Wildman–Crippen MR) is 75.9 cm³/mol. The lowest BCUT2D eigenvalue weighted by molar-refractivity contribution is -0.131. The van der Waals surface area contributed by atoms with E-state index in [1.807, 2.05) is 18.2 Å². The summed E-state index contributed by atoms with van der Waals surface area (Å²) in [5.41, 5.74) is 0.943. The minimum atomic E-state index is 0.0620. The van der Waals surface area contributed by atoms with Gasteiger partial charge in [-0.15, -0.1) is 0 Å². The van der Waals surface area contributed by atoms with E-state index in [1.165, 1.54) is 0 Å². The van der Waals surface area contributed by atoms with Crippen molar-refractivity contribution in [1.82, 2.24) is 20.4 Å². The number of nitrogens with one attached hydrogen (secondary N) is 1. The molecule has 2 heterocycles. The second kappa shape index (κ2) is 5.27. The first-order valence-corrected chi connectivity index (χ1v) is 7.05. The van der Waals surface area contributed by atoms with Gasteiger partial charge in [0.15, 0.2) is 0 Å². The second-order valence-corrected chi connectivity index (χ2v) is 6.21. The van der Waals surface area contributed by atoms with Crippen LogP contribution in [-0.4, -0.2) is 21.0 Å². The van der Waals surface area contributed by atoms with Crippen LogP contribution >= 0.6 is 0 Å². The zero-order valence-electron chi connectivity index (χ0n) is 12.2. The third kappa shape index (κ3) is 3.09. The molecule has 1 saturated carbocycles. The molecule has 1 N–H and O–H groups in total. The first kappa shape index (κ1) is 13.7. The molecule has 0 saturated heterocycles. The fourth-order valence-corrected chi connectivity index (χ4v) is 2.69.